The molecule has 1 aromatic heterocycles. The van der Waals surface area contributed by atoms with Crippen LogP contribution in [0.4, 0.5) is 0 Å². The van der Waals surface area contributed by atoms with Gasteiger partial charge >= 0.3 is 0 Å². The summed E-state index contributed by atoms with van der Waals surface area (Å²) in [5.41, 5.74) is 1.69. The molecule has 0 N–H and O–H groups in total. The summed E-state index contributed by atoms with van der Waals surface area (Å²) >= 11 is 0. The van der Waals surface area contributed by atoms with Gasteiger partial charge in [0.15, 0.2) is 9.84 Å². The first kappa shape index (κ1) is 18.8. The summed E-state index contributed by atoms with van der Waals surface area (Å²) in [7, 11) is -3.05. The van der Waals surface area contributed by atoms with Crippen molar-refractivity contribution in [3.05, 3.63) is 23.3 Å². The van der Waals surface area contributed by atoms with E-state index in [-0.39, 0.29) is 29.2 Å². The van der Waals surface area contributed by atoms with E-state index in [4.69, 9.17) is 9.72 Å². The highest BCUT2D eigenvalue weighted by Gasteiger charge is 2.45. The van der Waals surface area contributed by atoms with Gasteiger partial charge in [0, 0.05) is 25.2 Å². The van der Waals surface area contributed by atoms with Gasteiger partial charge in [0.2, 0.25) is 5.91 Å². The minimum atomic E-state index is -3.05. The second-order valence-electron chi connectivity index (χ2n) is 8.27. The normalized spacial score (nSPS) is 26.3. The number of likely N-dealkylation sites (tertiary alicyclic amines) is 1. The van der Waals surface area contributed by atoms with Gasteiger partial charge in [0.05, 0.1) is 29.7 Å². The molecule has 3 aliphatic rings. The lowest BCUT2D eigenvalue weighted by molar-refractivity contribution is -0.144. The third-order valence-electron chi connectivity index (χ3n) is 6.05. The number of piperidine rings is 1. The molecular weight excluding hydrogens is 366 g/mol. The Hall–Kier alpha value is -1.54. The van der Waals surface area contributed by atoms with E-state index in [1.807, 2.05) is 11.1 Å². The molecule has 1 spiro atoms. The number of aromatic nitrogens is 2. The Morgan fingerprint density at radius 1 is 1.33 bits per heavy atom. The van der Waals surface area contributed by atoms with Crippen molar-refractivity contribution in [2.24, 2.45) is 5.92 Å². The van der Waals surface area contributed by atoms with Gasteiger partial charge in [0.1, 0.15) is 11.4 Å². The van der Waals surface area contributed by atoms with E-state index in [0.29, 0.717) is 39.0 Å². The average molecular weight is 394 g/mol. The van der Waals surface area contributed by atoms with Crippen molar-refractivity contribution in [1.82, 2.24) is 14.9 Å². The molecule has 2 saturated heterocycles. The molecular formula is C19H27N3O4S. The van der Waals surface area contributed by atoms with Crippen molar-refractivity contribution in [3.63, 3.8) is 0 Å². The largest absolute Gasteiger partial charge is 0.368 e. The lowest BCUT2D eigenvalue weighted by Gasteiger charge is -2.44. The number of carbonyl (C=O) groups is 1. The summed E-state index contributed by atoms with van der Waals surface area (Å²) in [5.74, 6) is 0.809. The molecule has 0 aliphatic carbocycles. The third kappa shape index (κ3) is 3.49. The fraction of sp³-hybridized carbons (Fsp3) is 0.737. The van der Waals surface area contributed by atoms with Crippen molar-refractivity contribution in [2.75, 3.05) is 31.2 Å². The summed E-state index contributed by atoms with van der Waals surface area (Å²) in [4.78, 5) is 23.9. The zero-order chi connectivity index (χ0) is 19.2. The summed E-state index contributed by atoms with van der Waals surface area (Å²) in [6.07, 6.45) is 4.59. The number of ether oxygens (including phenoxy) is 1. The van der Waals surface area contributed by atoms with Gasteiger partial charge in [-0.2, -0.15) is 0 Å². The number of carbonyl (C=O) groups excluding carboxylic acids is 1. The summed E-state index contributed by atoms with van der Waals surface area (Å²) in [6.45, 7) is 5.96. The number of hydrogen-bond acceptors (Lipinski definition) is 6. The smallest absolute Gasteiger partial charge is 0.226 e. The van der Waals surface area contributed by atoms with E-state index in [0.717, 1.165) is 23.5 Å². The molecule has 3 aliphatic heterocycles. The molecule has 0 radical (unpaired) electrons. The fourth-order valence-electron chi connectivity index (χ4n) is 4.42. The van der Waals surface area contributed by atoms with Crippen molar-refractivity contribution < 1.29 is 17.9 Å². The maximum absolute atomic E-state index is 12.7. The molecule has 7 nitrogen and oxygen atoms in total. The van der Waals surface area contributed by atoms with Crippen LogP contribution in [0.2, 0.25) is 0 Å². The zero-order valence-corrected chi connectivity index (χ0v) is 16.8. The molecule has 0 aromatic carbocycles. The topological polar surface area (TPSA) is 89.5 Å². The van der Waals surface area contributed by atoms with Crippen molar-refractivity contribution in [1.29, 1.82) is 0 Å². The first-order valence-corrected chi connectivity index (χ1v) is 11.6. The van der Waals surface area contributed by atoms with Gasteiger partial charge in [-0.1, -0.05) is 13.8 Å². The van der Waals surface area contributed by atoms with Crippen LogP contribution in [0.5, 0.6) is 0 Å². The van der Waals surface area contributed by atoms with E-state index < -0.39 is 15.4 Å². The van der Waals surface area contributed by atoms with Crippen molar-refractivity contribution in [3.8, 4) is 0 Å². The number of hydrogen-bond donors (Lipinski definition) is 0. The third-order valence-corrected chi connectivity index (χ3v) is 7.81. The maximum Gasteiger partial charge on any atom is 0.226 e. The van der Waals surface area contributed by atoms with Gasteiger partial charge in [-0.15, -0.1) is 0 Å². The van der Waals surface area contributed by atoms with Crippen LogP contribution in [-0.2, 0) is 31.4 Å². The molecule has 0 saturated carbocycles. The van der Waals surface area contributed by atoms with E-state index in [1.165, 1.54) is 0 Å². The first-order chi connectivity index (χ1) is 12.8. The van der Waals surface area contributed by atoms with Crippen LogP contribution >= 0.6 is 0 Å². The summed E-state index contributed by atoms with van der Waals surface area (Å²) in [5, 5.41) is 0. The molecule has 2 fully saturated rings. The SMILES string of the molecule is CC(C)c1ncc2c(n1)C1(CCN(C(=O)C3CCS(=O)(=O)C3)CC1)OCC2. The monoisotopic (exact) mass is 393 g/mol. The van der Waals surface area contributed by atoms with E-state index in [9.17, 15) is 13.2 Å². The Kier molecular flexibility index (Phi) is 4.74. The number of nitrogens with zero attached hydrogens (tertiary/aromatic N) is 3. The molecule has 8 heteroatoms. The molecule has 27 heavy (non-hydrogen) atoms. The van der Waals surface area contributed by atoms with Crippen LogP contribution in [0.1, 0.15) is 56.1 Å². The number of sulfone groups is 1. The minimum Gasteiger partial charge on any atom is -0.368 e. The van der Waals surface area contributed by atoms with Gasteiger partial charge in [-0.3, -0.25) is 4.79 Å². The molecule has 4 heterocycles. The molecule has 0 bridgehead atoms. The highest BCUT2D eigenvalue weighted by Crippen LogP contribution is 2.41. The van der Waals surface area contributed by atoms with Gasteiger partial charge in [-0.25, -0.2) is 18.4 Å². The quantitative estimate of drug-likeness (QED) is 0.755. The van der Waals surface area contributed by atoms with Crippen LogP contribution in [0.15, 0.2) is 6.20 Å². The molecule has 1 unspecified atom stereocenters. The fourth-order valence-corrected chi connectivity index (χ4v) is 6.15. The second kappa shape index (κ2) is 6.81. The standard InChI is InChI=1S/C19H27N3O4S/c1-13(2)17-20-11-14-3-9-26-19(16(14)21-17)5-7-22(8-6-19)18(23)15-4-10-27(24,25)12-15/h11,13,15H,3-10,12H2,1-2H3. The maximum atomic E-state index is 12.7. The Balaban J connectivity index is 1.51. The highest BCUT2D eigenvalue weighted by molar-refractivity contribution is 7.91. The molecule has 148 valence electrons. The summed E-state index contributed by atoms with van der Waals surface area (Å²) < 4.78 is 29.6. The predicted molar refractivity (Wildman–Crippen MR) is 100 cm³/mol. The van der Waals surface area contributed by atoms with Crippen molar-refractivity contribution in [2.45, 2.75) is 51.0 Å². The molecule has 1 aromatic rings. The average Bonchev–Trinajstić information content (AvgIpc) is 3.02. The number of fused-ring (bicyclic) bond motifs is 2. The zero-order valence-electron chi connectivity index (χ0n) is 16.0. The van der Waals surface area contributed by atoms with Crippen LogP contribution in [0.3, 0.4) is 0 Å². The van der Waals surface area contributed by atoms with Gasteiger partial charge < -0.3 is 9.64 Å². The highest BCUT2D eigenvalue weighted by atomic mass is 32.2. The van der Waals surface area contributed by atoms with E-state index >= 15 is 0 Å². The molecule has 1 atom stereocenters. The second-order valence-corrected chi connectivity index (χ2v) is 10.5. The van der Waals surface area contributed by atoms with Gasteiger partial charge in [0.25, 0.3) is 0 Å². The number of amides is 1. The van der Waals surface area contributed by atoms with Crippen LogP contribution < -0.4 is 0 Å². The van der Waals surface area contributed by atoms with Gasteiger partial charge in [-0.05, 0) is 31.2 Å². The number of rotatable bonds is 2. The predicted octanol–water partition coefficient (Wildman–Crippen LogP) is 1.43. The Morgan fingerprint density at radius 3 is 2.70 bits per heavy atom. The lowest BCUT2D eigenvalue weighted by Crippen LogP contribution is -2.50. The summed E-state index contributed by atoms with van der Waals surface area (Å²) in [6, 6.07) is 0. The van der Waals surface area contributed by atoms with Crippen LogP contribution in [0.25, 0.3) is 0 Å². The van der Waals surface area contributed by atoms with Crippen LogP contribution in [0, 0.1) is 5.92 Å². The van der Waals surface area contributed by atoms with E-state index in [2.05, 4.69) is 18.8 Å². The Bertz CT molecular complexity index is 845. The van der Waals surface area contributed by atoms with E-state index in [1.54, 1.807) is 0 Å². The minimum absolute atomic E-state index is 0.00220. The Labute approximate surface area is 160 Å². The van der Waals surface area contributed by atoms with Crippen LogP contribution in [-0.4, -0.2) is 60.4 Å². The van der Waals surface area contributed by atoms with Crippen molar-refractivity contribution >= 4 is 15.7 Å². The Morgan fingerprint density at radius 2 is 2.07 bits per heavy atom. The molecule has 4 rings (SSSR count). The molecule has 1 amide bonds. The first-order valence-electron chi connectivity index (χ1n) is 9.79. The lowest BCUT2D eigenvalue weighted by atomic mass is 9.82.